The number of nitrogens with zero attached hydrogens (tertiary/aromatic N) is 2. The van der Waals surface area contributed by atoms with Gasteiger partial charge in [-0.1, -0.05) is 35.9 Å². The molecule has 13 heteroatoms. The van der Waals surface area contributed by atoms with Gasteiger partial charge in [0.15, 0.2) is 6.10 Å². The van der Waals surface area contributed by atoms with Crippen LogP contribution in [0.1, 0.15) is 67.9 Å². The first kappa shape index (κ1) is 33.7. The maximum atomic E-state index is 12.9. The molecule has 0 unspecified atom stereocenters. The van der Waals surface area contributed by atoms with Crippen LogP contribution in [-0.2, 0) is 11.2 Å². The Bertz CT molecular complexity index is 1400. The Balaban J connectivity index is 1.71. The van der Waals surface area contributed by atoms with Crippen molar-refractivity contribution in [2.45, 2.75) is 70.9 Å². The Labute approximate surface area is 253 Å². The number of benzene rings is 2. The van der Waals surface area contributed by atoms with Crippen LogP contribution in [0.2, 0.25) is 5.02 Å². The Morgan fingerprint density at radius 3 is 2.30 bits per heavy atom. The second-order valence-electron chi connectivity index (χ2n) is 10.4. The van der Waals surface area contributed by atoms with Gasteiger partial charge in [0, 0.05) is 36.0 Å². The molecule has 0 aliphatic heterocycles. The molecule has 0 bridgehead atoms. The van der Waals surface area contributed by atoms with E-state index in [-0.39, 0.29) is 41.4 Å². The van der Waals surface area contributed by atoms with Crippen molar-refractivity contribution < 1.29 is 37.3 Å². The van der Waals surface area contributed by atoms with E-state index in [9.17, 15) is 27.9 Å². The monoisotopic (exact) mass is 624 g/mol. The zero-order chi connectivity index (χ0) is 31.9. The summed E-state index contributed by atoms with van der Waals surface area (Å²) in [5, 5.41) is 15.1. The van der Waals surface area contributed by atoms with Gasteiger partial charge < -0.3 is 29.8 Å². The highest BCUT2D eigenvalue weighted by Crippen LogP contribution is 2.31. The van der Waals surface area contributed by atoms with Gasteiger partial charge in [-0.25, -0.2) is 9.78 Å². The van der Waals surface area contributed by atoms with Crippen LogP contribution < -0.4 is 15.4 Å². The first-order chi connectivity index (χ1) is 20.2. The third kappa shape index (κ3) is 9.11. The topological polar surface area (TPSA) is 115 Å². The predicted molar refractivity (Wildman–Crippen MR) is 156 cm³/mol. The number of imidazole rings is 1. The molecule has 0 aliphatic rings. The van der Waals surface area contributed by atoms with Gasteiger partial charge >= 0.3 is 12.3 Å². The average Bonchev–Trinajstić information content (AvgIpc) is 3.40. The lowest BCUT2D eigenvalue weighted by atomic mass is 10.0. The number of alkyl halides is 3. The Hall–Kier alpha value is -3.77. The van der Waals surface area contributed by atoms with E-state index in [2.05, 4.69) is 10.6 Å². The molecule has 2 amide bonds. The number of aliphatic hydroxyl groups excluding tert-OH is 1. The van der Waals surface area contributed by atoms with E-state index in [0.717, 1.165) is 23.7 Å². The van der Waals surface area contributed by atoms with Gasteiger partial charge in [0.25, 0.3) is 5.91 Å². The summed E-state index contributed by atoms with van der Waals surface area (Å²) in [5.41, 5.74) is 2.62. The lowest BCUT2D eigenvalue weighted by Gasteiger charge is -2.20. The number of carbonyl (C=O) groups is 2. The van der Waals surface area contributed by atoms with Crippen LogP contribution in [-0.4, -0.2) is 58.7 Å². The minimum Gasteiger partial charge on any atom is -0.480 e. The number of rotatable bonds is 12. The predicted octanol–water partition coefficient (Wildman–Crippen LogP) is 6.25. The van der Waals surface area contributed by atoms with Gasteiger partial charge in [0.2, 0.25) is 0 Å². The number of halogens is 4. The molecule has 0 saturated carbocycles. The minimum atomic E-state index is -4.56. The minimum absolute atomic E-state index is 0.0994. The third-order valence-electron chi connectivity index (χ3n) is 6.73. The zero-order valence-corrected chi connectivity index (χ0v) is 25.3. The van der Waals surface area contributed by atoms with Crippen molar-refractivity contribution in [2.75, 3.05) is 13.7 Å². The zero-order valence-electron chi connectivity index (χ0n) is 24.5. The van der Waals surface area contributed by atoms with Crippen molar-refractivity contribution in [3.05, 3.63) is 70.6 Å². The highest BCUT2D eigenvalue weighted by Gasteiger charge is 2.38. The van der Waals surface area contributed by atoms with Crippen LogP contribution in [0.3, 0.4) is 0 Å². The number of aromatic nitrogens is 2. The lowest BCUT2D eigenvalue weighted by Crippen LogP contribution is -2.37. The average molecular weight is 625 g/mol. The number of carbonyl (C=O) groups excluding carboxylic acids is 2. The van der Waals surface area contributed by atoms with E-state index in [1.54, 1.807) is 0 Å². The molecule has 0 saturated heterocycles. The number of aliphatic hydroxyl groups is 1. The molecule has 3 atom stereocenters. The van der Waals surface area contributed by atoms with E-state index in [0.29, 0.717) is 12.2 Å². The molecule has 3 aromatic rings. The Kier molecular flexibility index (Phi) is 11.5. The molecule has 1 aromatic heterocycles. The van der Waals surface area contributed by atoms with Crippen LogP contribution in [0.15, 0.2) is 48.7 Å². The van der Waals surface area contributed by atoms with Gasteiger partial charge in [0.05, 0.1) is 23.9 Å². The summed E-state index contributed by atoms with van der Waals surface area (Å²) in [6.07, 6.45) is -4.56. The van der Waals surface area contributed by atoms with Gasteiger partial charge in [0.1, 0.15) is 11.6 Å². The van der Waals surface area contributed by atoms with Crippen molar-refractivity contribution in [1.82, 2.24) is 20.2 Å². The summed E-state index contributed by atoms with van der Waals surface area (Å²) in [7, 11) is 1.30. The number of ether oxygens (including phenoxy) is 2. The van der Waals surface area contributed by atoms with Crippen LogP contribution in [0.5, 0.6) is 5.75 Å². The highest BCUT2D eigenvalue weighted by atomic mass is 35.5. The van der Waals surface area contributed by atoms with Gasteiger partial charge in [-0.2, -0.15) is 13.2 Å². The molecule has 43 heavy (non-hydrogen) atoms. The Morgan fingerprint density at radius 2 is 1.74 bits per heavy atom. The first-order valence-electron chi connectivity index (χ1n) is 13.7. The number of nitrogens with one attached hydrogen (secondary N) is 2. The molecule has 3 rings (SSSR count). The van der Waals surface area contributed by atoms with E-state index in [1.807, 2.05) is 55.8 Å². The van der Waals surface area contributed by atoms with Gasteiger partial charge in [-0.05, 0) is 64.3 Å². The second kappa shape index (κ2) is 14.6. The van der Waals surface area contributed by atoms with E-state index >= 15 is 0 Å². The maximum absolute atomic E-state index is 12.9. The van der Waals surface area contributed by atoms with Crippen LogP contribution in [0.4, 0.5) is 18.0 Å². The van der Waals surface area contributed by atoms with Gasteiger partial charge in [-0.3, -0.25) is 4.79 Å². The number of amides is 2. The largest absolute Gasteiger partial charge is 0.480 e. The number of hydrogen-bond donors (Lipinski definition) is 3. The molecular weight excluding hydrogens is 589 g/mol. The highest BCUT2D eigenvalue weighted by molar-refractivity contribution is 6.32. The summed E-state index contributed by atoms with van der Waals surface area (Å²) < 4.78 is 50.1. The summed E-state index contributed by atoms with van der Waals surface area (Å²) in [6.45, 7) is 6.56. The van der Waals surface area contributed by atoms with Crippen molar-refractivity contribution in [1.29, 1.82) is 0 Å². The van der Waals surface area contributed by atoms with Crippen LogP contribution >= 0.6 is 11.6 Å². The summed E-state index contributed by atoms with van der Waals surface area (Å²) in [4.78, 5) is 29.4. The Morgan fingerprint density at radius 1 is 1.07 bits per heavy atom. The van der Waals surface area contributed by atoms with E-state index in [1.165, 1.54) is 25.3 Å². The summed E-state index contributed by atoms with van der Waals surface area (Å²) in [6, 6.07) is 10.7. The van der Waals surface area contributed by atoms with E-state index < -0.39 is 30.3 Å². The smallest absolute Gasteiger partial charge is 0.425 e. The molecule has 0 fully saturated rings. The van der Waals surface area contributed by atoms with E-state index in [4.69, 9.17) is 26.1 Å². The SMILES string of the molecule is COC(=O)N[C@H](C)c1nc(-c2ccc(C[C@@H](CCO)NC(=O)c3ccc(O[C@H](C)C(F)(F)F)c(Cl)c3)cc2)cn1C(C)C. The van der Waals surface area contributed by atoms with Gasteiger partial charge in [-0.15, -0.1) is 0 Å². The fraction of sp³-hybridized carbons (Fsp3) is 0.433. The van der Waals surface area contributed by atoms with Crippen molar-refractivity contribution >= 4 is 23.6 Å². The first-order valence-corrected chi connectivity index (χ1v) is 14.1. The number of alkyl carbamates (subject to hydrolysis) is 1. The summed E-state index contributed by atoms with van der Waals surface area (Å²) in [5.74, 6) is 0.00293. The van der Waals surface area contributed by atoms with Crippen LogP contribution in [0.25, 0.3) is 11.3 Å². The fourth-order valence-electron chi connectivity index (χ4n) is 4.32. The van der Waals surface area contributed by atoms with Crippen molar-refractivity contribution in [3.8, 4) is 17.0 Å². The molecule has 234 valence electrons. The van der Waals surface area contributed by atoms with Crippen molar-refractivity contribution in [2.24, 2.45) is 0 Å². The third-order valence-corrected chi connectivity index (χ3v) is 7.02. The maximum Gasteiger partial charge on any atom is 0.425 e. The number of methoxy groups -OCH3 is 1. The molecule has 9 nitrogen and oxygen atoms in total. The summed E-state index contributed by atoms with van der Waals surface area (Å²) >= 11 is 6.09. The second-order valence-corrected chi connectivity index (χ2v) is 10.8. The normalized spacial score (nSPS) is 13.7. The molecule has 2 aromatic carbocycles. The fourth-order valence-corrected chi connectivity index (χ4v) is 4.55. The molecule has 1 heterocycles. The standard InChI is InChI=1S/C30H36ClF3N4O5/c1-17(2)38-16-25(37-27(38)18(3)35-29(41)42-5)21-8-6-20(7-9-21)14-23(12-13-39)36-28(40)22-10-11-26(24(31)15-22)43-19(4)30(32,33)34/h6-11,15-19,23,39H,12-14H2,1-5H3,(H,35,41)(H,36,40)/t18-,19-,23-/m1/s1. The molecule has 3 N–H and O–H groups in total. The molecular formula is C30H36ClF3N4O5. The van der Waals surface area contributed by atoms with Crippen LogP contribution in [0, 0.1) is 0 Å². The lowest BCUT2D eigenvalue weighted by molar-refractivity contribution is -0.189. The van der Waals surface area contributed by atoms with Crippen molar-refractivity contribution in [3.63, 3.8) is 0 Å². The quantitative estimate of drug-likeness (QED) is 0.219. The molecule has 0 aliphatic carbocycles. The number of hydrogen-bond acceptors (Lipinski definition) is 6. The molecule has 0 spiro atoms. The molecule has 0 radical (unpaired) electrons.